The molecule has 4 heteroatoms. The Labute approximate surface area is 146 Å². The summed E-state index contributed by atoms with van der Waals surface area (Å²) in [5.74, 6) is 0. The Bertz CT molecular complexity index is 1070. The van der Waals surface area contributed by atoms with Gasteiger partial charge in [0.1, 0.15) is 0 Å². The molecule has 0 fully saturated rings. The van der Waals surface area contributed by atoms with Gasteiger partial charge < -0.3 is 0 Å². The number of benzene rings is 1. The molecule has 0 unspecified atom stereocenters. The number of hydrogen-bond acceptors (Lipinski definition) is 4. The molecule has 4 rings (SSSR count). The summed E-state index contributed by atoms with van der Waals surface area (Å²) in [5.41, 5.74) is 8.44. The topological polar surface area (TPSA) is 51.6 Å². The monoisotopic (exact) mass is 326 g/mol. The largest absolute Gasteiger partial charge is 0.255 e. The second-order valence-electron chi connectivity index (χ2n) is 6.14. The van der Waals surface area contributed by atoms with Crippen molar-refractivity contribution in [3.63, 3.8) is 0 Å². The summed E-state index contributed by atoms with van der Waals surface area (Å²) in [6.07, 6.45) is 1.78. The summed E-state index contributed by atoms with van der Waals surface area (Å²) < 4.78 is 0. The van der Waals surface area contributed by atoms with E-state index in [0.29, 0.717) is 0 Å². The Kier molecular flexibility index (Phi) is 3.73. The molecule has 3 heterocycles. The number of pyridine rings is 2. The van der Waals surface area contributed by atoms with Gasteiger partial charge in [-0.25, -0.2) is 15.0 Å². The number of rotatable bonds is 2. The van der Waals surface area contributed by atoms with Crippen molar-refractivity contribution in [3.8, 4) is 22.6 Å². The van der Waals surface area contributed by atoms with Crippen LogP contribution in [0.25, 0.3) is 33.7 Å². The summed E-state index contributed by atoms with van der Waals surface area (Å²) in [7, 11) is 0. The zero-order valence-electron chi connectivity index (χ0n) is 14.5. The van der Waals surface area contributed by atoms with Gasteiger partial charge in [0, 0.05) is 11.8 Å². The molecule has 0 N–H and O–H groups in total. The van der Waals surface area contributed by atoms with Crippen LogP contribution < -0.4 is 0 Å². The van der Waals surface area contributed by atoms with Gasteiger partial charge in [-0.05, 0) is 50.6 Å². The molecule has 3 aromatic heterocycles. The smallest absolute Gasteiger partial charge is 0.0986 e. The minimum Gasteiger partial charge on any atom is -0.255 e. The second kappa shape index (κ2) is 6.06. The Morgan fingerprint density at radius 3 is 2.08 bits per heavy atom. The van der Waals surface area contributed by atoms with E-state index in [9.17, 15) is 0 Å². The first kappa shape index (κ1) is 15.4. The molecule has 1 aromatic carbocycles. The van der Waals surface area contributed by atoms with Gasteiger partial charge in [0.05, 0.1) is 39.5 Å². The summed E-state index contributed by atoms with van der Waals surface area (Å²) in [6, 6.07) is 16.0. The SMILES string of the molecule is Cc1nc2c(C)ccc(-c3cccc(-c4ccccn4)n3)c2nc1C. The van der Waals surface area contributed by atoms with Crippen molar-refractivity contribution >= 4 is 11.0 Å². The third-order valence-corrected chi connectivity index (χ3v) is 4.39. The van der Waals surface area contributed by atoms with Crippen LogP contribution in [-0.2, 0) is 0 Å². The van der Waals surface area contributed by atoms with Crippen molar-refractivity contribution in [2.45, 2.75) is 20.8 Å². The fourth-order valence-electron chi connectivity index (χ4n) is 2.88. The van der Waals surface area contributed by atoms with Crippen LogP contribution >= 0.6 is 0 Å². The van der Waals surface area contributed by atoms with E-state index in [1.54, 1.807) is 6.20 Å². The molecular weight excluding hydrogens is 308 g/mol. The molecule has 0 saturated carbocycles. The fraction of sp³-hybridized carbons (Fsp3) is 0.143. The van der Waals surface area contributed by atoms with E-state index in [0.717, 1.165) is 50.6 Å². The lowest BCUT2D eigenvalue weighted by Gasteiger charge is -2.10. The molecule has 0 aliphatic carbocycles. The zero-order chi connectivity index (χ0) is 17.4. The normalized spacial score (nSPS) is 11.0. The van der Waals surface area contributed by atoms with Crippen LogP contribution in [0.4, 0.5) is 0 Å². The first-order chi connectivity index (χ1) is 12.1. The van der Waals surface area contributed by atoms with E-state index in [1.165, 1.54) is 0 Å². The van der Waals surface area contributed by atoms with Crippen LogP contribution in [0.1, 0.15) is 17.0 Å². The van der Waals surface area contributed by atoms with Crippen LogP contribution in [0.5, 0.6) is 0 Å². The molecule has 122 valence electrons. The summed E-state index contributed by atoms with van der Waals surface area (Å²) in [5, 5.41) is 0. The number of fused-ring (bicyclic) bond motifs is 1. The minimum absolute atomic E-state index is 0.851. The Morgan fingerprint density at radius 1 is 0.600 bits per heavy atom. The number of nitrogens with zero attached hydrogens (tertiary/aromatic N) is 4. The summed E-state index contributed by atoms with van der Waals surface area (Å²) in [6.45, 7) is 6.05. The molecule has 25 heavy (non-hydrogen) atoms. The average Bonchev–Trinajstić information content (AvgIpc) is 2.65. The maximum atomic E-state index is 4.81. The average molecular weight is 326 g/mol. The first-order valence-corrected chi connectivity index (χ1v) is 8.27. The van der Waals surface area contributed by atoms with Crippen LogP contribution in [0.15, 0.2) is 54.7 Å². The van der Waals surface area contributed by atoms with Crippen molar-refractivity contribution in [2.75, 3.05) is 0 Å². The fourth-order valence-corrected chi connectivity index (χ4v) is 2.88. The van der Waals surface area contributed by atoms with Crippen molar-refractivity contribution in [3.05, 3.63) is 71.7 Å². The molecule has 0 atom stereocenters. The molecule has 0 radical (unpaired) electrons. The summed E-state index contributed by atoms with van der Waals surface area (Å²) in [4.78, 5) is 18.7. The third-order valence-electron chi connectivity index (χ3n) is 4.39. The van der Waals surface area contributed by atoms with Gasteiger partial charge in [0.25, 0.3) is 0 Å². The van der Waals surface area contributed by atoms with E-state index < -0.39 is 0 Å². The van der Waals surface area contributed by atoms with Crippen molar-refractivity contribution in [1.82, 2.24) is 19.9 Å². The van der Waals surface area contributed by atoms with Gasteiger partial charge in [-0.3, -0.25) is 4.98 Å². The Morgan fingerprint density at radius 2 is 1.32 bits per heavy atom. The highest BCUT2D eigenvalue weighted by Gasteiger charge is 2.12. The Balaban J connectivity index is 1.94. The van der Waals surface area contributed by atoms with Gasteiger partial charge in [-0.15, -0.1) is 0 Å². The molecule has 0 bridgehead atoms. The second-order valence-corrected chi connectivity index (χ2v) is 6.14. The van der Waals surface area contributed by atoms with Crippen LogP contribution in [0, 0.1) is 20.8 Å². The lowest BCUT2D eigenvalue weighted by molar-refractivity contribution is 1.10. The molecule has 4 nitrogen and oxygen atoms in total. The van der Waals surface area contributed by atoms with Gasteiger partial charge in [-0.1, -0.05) is 24.3 Å². The highest BCUT2D eigenvalue weighted by molar-refractivity contribution is 5.92. The maximum absolute atomic E-state index is 4.81. The van der Waals surface area contributed by atoms with Crippen LogP contribution in [0.3, 0.4) is 0 Å². The molecule has 4 aromatic rings. The highest BCUT2D eigenvalue weighted by Crippen LogP contribution is 2.29. The molecule has 0 saturated heterocycles. The molecule has 0 aliphatic heterocycles. The quantitative estimate of drug-likeness (QED) is 0.537. The zero-order valence-corrected chi connectivity index (χ0v) is 14.5. The van der Waals surface area contributed by atoms with Crippen LogP contribution in [0.2, 0.25) is 0 Å². The predicted octanol–water partition coefficient (Wildman–Crippen LogP) is 4.68. The lowest BCUT2D eigenvalue weighted by Crippen LogP contribution is -1.98. The van der Waals surface area contributed by atoms with Crippen molar-refractivity contribution < 1.29 is 0 Å². The van der Waals surface area contributed by atoms with Gasteiger partial charge in [0.15, 0.2) is 0 Å². The van der Waals surface area contributed by atoms with E-state index >= 15 is 0 Å². The molecule has 0 spiro atoms. The van der Waals surface area contributed by atoms with Crippen molar-refractivity contribution in [2.24, 2.45) is 0 Å². The van der Waals surface area contributed by atoms with Crippen molar-refractivity contribution in [1.29, 1.82) is 0 Å². The third kappa shape index (κ3) is 2.76. The van der Waals surface area contributed by atoms with E-state index in [-0.39, 0.29) is 0 Å². The number of aryl methyl sites for hydroxylation is 3. The highest BCUT2D eigenvalue weighted by atomic mass is 14.8. The molecule has 0 aliphatic rings. The van der Waals surface area contributed by atoms with E-state index in [4.69, 9.17) is 15.0 Å². The van der Waals surface area contributed by atoms with Gasteiger partial charge in [-0.2, -0.15) is 0 Å². The predicted molar refractivity (Wildman–Crippen MR) is 100 cm³/mol. The Hall–Kier alpha value is -3.14. The van der Waals surface area contributed by atoms with Crippen LogP contribution in [-0.4, -0.2) is 19.9 Å². The summed E-state index contributed by atoms with van der Waals surface area (Å²) >= 11 is 0. The minimum atomic E-state index is 0.851. The first-order valence-electron chi connectivity index (χ1n) is 8.27. The number of aromatic nitrogens is 4. The molecule has 0 amide bonds. The lowest BCUT2D eigenvalue weighted by atomic mass is 10.0. The maximum Gasteiger partial charge on any atom is 0.0986 e. The van der Waals surface area contributed by atoms with E-state index in [1.807, 2.05) is 50.2 Å². The van der Waals surface area contributed by atoms with E-state index in [2.05, 4.69) is 24.0 Å². The molecular formula is C21H18N4. The number of hydrogen-bond donors (Lipinski definition) is 0. The standard InChI is InChI=1S/C21H18N4/c1-13-10-11-16(21-20(13)23-14(2)15(3)24-21)17-8-6-9-19(25-17)18-7-4-5-12-22-18/h4-12H,1-3H3. The van der Waals surface area contributed by atoms with Gasteiger partial charge in [0.2, 0.25) is 0 Å². The van der Waals surface area contributed by atoms with Gasteiger partial charge >= 0.3 is 0 Å².